The molecule has 148 valence electrons. The Kier molecular flexibility index (Phi) is 5.72. The summed E-state index contributed by atoms with van der Waals surface area (Å²) >= 11 is 0. The molecule has 0 unspecified atom stereocenters. The molecule has 1 aliphatic rings. The summed E-state index contributed by atoms with van der Waals surface area (Å²) in [5, 5.41) is 0. The van der Waals surface area contributed by atoms with Crippen molar-refractivity contribution >= 4 is 11.7 Å². The number of Topliss-reactive ketones (excluding diaryl/α,β-unsaturated/α-hetero) is 1. The van der Waals surface area contributed by atoms with Crippen LogP contribution < -0.4 is 4.74 Å². The number of hydrogen-bond donors (Lipinski definition) is 0. The smallest absolute Gasteiger partial charge is 0.416 e. The van der Waals surface area contributed by atoms with Crippen LogP contribution in [0.15, 0.2) is 48.5 Å². The van der Waals surface area contributed by atoms with Gasteiger partial charge in [0.15, 0.2) is 5.78 Å². The lowest BCUT2D eigenvalue weighted by Gasteiger charge is -2.31. The van der Waals surface area contributed by atoms with Crippen LogP contribution in [0, 0.1) is 5.92 Å². The number of rotatable bonds is 4. The monoisotopic (exact) mass is 391 g/mol. The van der Waals surface area contributed by atoms with Gasteiger partial charge in [-0.05, 0) is 55.3 Å². The Labute approximate surface area is 160 Å². The van der Waals surface area contributed by atoms with Crippen LogP contribution in [0.4, 0.5) is 13.2 Å². The third-order valence-electron chi connectivity index (χ3n) is 4.96. The number of hydrogen-bond acceptors (Lipinski definition) is 3. The van der Waals surface area contributed by atoms with Crippen molar-refractivity contribution in [3.05, 3.63) is 65.2 Å². The molecule has 28 heavy (non-hydrogen) atoms. The van der Waals surface area contributed by atoms with E-state index in [1.54, 1.807) is 31.4 Å². The lowest BCUT2D eigenvalue weighted by Crippen LogP contribution is -2.40. The van der Waals surface area contributed by atoms with Gasteiger partial charge in [0, 0.05) is 30.1 Å². The van der Waals surface area contributed by atoms with E-state index in [0.717, 1.165) is 12.1 Å². The number of carbonyl (C=O) groups excluding carboxylic acids is 2. The van der Waals surface area contributed by atoms with Gasteiger partial charge in [0.2, 0.25) is 0 Å². The van der Waals surface area contributed by atoms with Gasteiger partial charge in [-0.3, -0.25) is 9.59 Å². The van der Waals surface area contributed by atoms with Crippen molar-refractivity contribution in [2.45, 2.75) is 19.0 Å². The Morgan fingerprint density at radius 3 is 2.21 bits per heavy atom. The molecule has 0 aromatic heterocycles. The van der Waals surface area contributed by atoms with Gasteiger partial charge in [-0.2, -0.15) is 13.2 Å². The Morgan fingerprint density at radius 1 is 1.00 bits per heavy atom. The largest absolute Gasteiger partial charge is 0.497 e. The van der Waals surface area contributed by atoms with Crippen LogP contribution in [0.25, 0.3) is 0 Å². The number of alkyl halides is 3. The zero-order valence-corrected chi connectivity index (χ0v) is 15.3. The molecule has 0 N–H and O–H groups in total. The Morgan fingerprint density at radius 2 is 1.64 bits per heavy atom. The number of amides is 1. The van der Waals surface area contributed by atoms with Crippen molar-refractivity contribution in [3.8, 4) is 5.75 Å². The standard InChI is InChI=1S/C21H20F3NO3/c1-28-18-7-5-14(6-8-18)19(26)15-9-11-25(12-10-15)20(27)16-3-2-4-17(13-16)21(22,23)24/h2-8,13,15H,9-12H2,1H3. The second-order valence-electron chi connectivity index (χ2n) is 6.74. The number of carbonyl (C=O) groups is 2. The quantitative estimate of drug-likeness (QED) is 0.724. The van der Waals surface area contributed by atoms with Crippen LogP contribution in [-0.4, -0.2) is 36.8 Å². The first-order valence-corrected chi connectivity index (χ1v) is 8.94. The average Bonchev–Trinajstić information content (AvgIpc) is 2.72. The molecule has 3 rings (SSSR count). The summed E-state index contributed by atoms with van der Waals surface area (Å²) in [7, 11) is 1.55. The highest BCUT2D eigenvalue weighted by molar-refractivity contribution is 5.98. The van der Waals surface area contributed by atoms with E-state index in [1.807, 2.05) is 0 Å². The minimum absolute atomic E-state index is 0.00817. The molecule has 1 heterocycles. The summed E-state index contributed by atoms with van der Waals surface area (Å²) in [6.07, 6.45) is -3.53. The van der Waals surface area contributed by atoms with Crippen LogP contribution >= 0.6 is 0 Å². The van der Waals surface area contributed by atoms with E-state index in [9.17, 15) is 22.8 Å². The van der Waals surface area contributed by atoms with Crippen molar-refractivity contribution in [2.24, 2.45) is 5.92 Å². The van der Waals surface area contributed by atoms with Gasteiger partial charge in [0.05, 0.1) is 12.7 Å². The van der Waals surface area contributed by atoms with Crippen molar-refractivity contribution in [3.63, 3.8) is 0 Å². The van der Waals surface area contributed by atoms with Crippen LogP contribution in [0.1, 0.15) is 39.1 Å². The third kappa shape index (κ3) is 4.35. The molecule has 0 saturated carbocycles. The lowest BCUT2D eigenvalue weighted by molar-refractivity contribution is -0.137. The Balaban J connectivity index is 1.63. The number of halogens is 3. The second-order valence-corrected chi connectivity index (χ2v) is 6.74. The summed E-state index contributed by atoms with van der Waals surface area (Å²) in [5.74, 6) is 0.0206. The Hall–Kier alpha value is -2.83. The molecule has 2 aromatic rings. The van der Waals surface area contributed by atoms with Gasteiger partial charge in [-0.25, -0.2) is 0 Å². The van der Waals surface area contributed by atoms with Crippen molar-refractivity contribution in [1.82, 2.24) is 4.90 Å². The summed E-state index contributed by atoms with van der Waals surface area (Å²) in [6, 6.07) is 11.3. The van der Waals surface area contributed by atoms with Gasteiger partial charge < -0.3 is 9.64 Å². The fourth-order valence-electron chi connectivity index (χ4n) is 3.35. The first-order chi connectivity index (χ1) is 13.3. The SMILES string of the molecule is COc1ccc(C(=O)C2CCN(C(=O)c3cccc(C(F)(F)F)c3)CC2)cc1. The zero-order chi connectivity index (χ0) is 20.3. The van der Waals surface area contributed by atoms with Gasteiger partial charge in [-0.1, -0.05) is 6.07 Å². The number of nitrogens with zero attached hydrogens (tertiary/aromatic N) is 1. The normalized spacial score (nSPS) is 15.4. The van der Waals surface area contributed by atoms with E-state index in [-0.39, 0.29) is 17.3 Å². The molecule has 1 saturated heterocycles. The van der Waals surface area contributed by atoms with Crippen molar-refractivity contribution in [1.29, 1.82) is 0 Å². The summed E-state index contributed by atoms with van der Waals surface area (Å²) in [4.78, 5) is 26.7. The fraction of sp³-hybridized carbons (Fsp3) is 0.333. The molecule has 0 radical (unpaired) electrons. The molecule has 2 aromatic carbocycles. The highest BCUT2D eigenvalue weighted by Crippen LogP contribution is 2.30. The average molecular weight is 391 g/mol. The maximum atomic E-state index is 12.9. The van der Waals surface area contributed by atoms with Gasteiger partial charge in [-0.15, -0.1) is 0 Å². The minimum atomic E-state index is -4.49. The topological polar surface area (TPSA) is 46.6 Å². The predicted octanol–water partition coefficient (Wildman–Crippen LogP) is 4.45. The van der Waals surface area contributed by atoms with E-state index < -0.39 is 17.6 Å². The first kappa shape index (κ1) is 19.9. The summed E-state index contributed by atoms with van der Waals surface area (Å²) in [6.45, 7) is 0.670. The highest BCUT2D eigenvalue weighted by atomic mass is 19.4. The fourth-order valence-corrected chi connectivity index (χ4v) is 3.35. The minimum Gasteiger partial charge on any atom is -0.497 e. The van der Waals surface area contributed by atoms with Crippen LogP contribution in [0.5, 0.6) is 5.75 Å². The molecular formula is C21H20F3NO3. The molecule has 1 amide bonds. The summed E-state index contributed by atoms with van der Waals surface area (Å²) < 4.78 is 43.6. The van der Waals surface area contributed by atoms with Gasteiger partial charge in [0.25, 0.3) is 5.91 Å². The molecule has 0 spiro atoms. The van der Waals surface area contributed by atoms with E-state index >= 15 is 0 Å². The van der Waals surface area contributed by atoms with E-state index in [1.165, 1.54) is 17.0 Å². The number of ether oxygens (including phenoxy) is 1. The third-order valence-corrected chi connectivity index (χ3v) is 4.96. The molecule has 1 fully saturated rings. The molecule has 7 heteroatoms. The van der Waals surface area contributed by atoms with Crippen LogP contribution in [-0.2, 0) is 6.18 Å². The zero-order valence-electron chi connectivity index (χ0n) is 15.3. The van der Waals surface area contributed by atoms with Gasteiger partial charge in [0.1, 0.15) is 5.75 Å². The predicted molar refractivity (Wildman–Crippen MR) is 97.4 cm³/mol. The first-order valence-electron chi connectivity index (χ1n) is 8.94. The van der Waals surface area contributed by atoms with Crippen LogP contribution in [0.2, 0.25) is 0 Å². The van der Waals surface area contributed by atoms with E-state index in [0.29, 0.717) is 37.2 Å². The number of methoxy groups -OCH3 is 1. The maximum absolute atomic E-state index is 12.9. The maximum Gasteiger partial charge on any atom is 0.416 e. The van der Waals surface area contributed by atoms with Crippen molar-refractivity contribution in [2.75, 3.05) is 20.2 Å². The number of likely N-dealkylation sites (tertiary alicyclic amines) is 1. The van der Waals surface area contributed by atoms with E-state index in [2.05, 4.69) is 0 Å². The molecule has 0 bridgehead atoms. The lowest BCUT2D eigenvalue weighted by atomic mass is 9.88. The van der Waals surface area contributed by atoms with Crippen molar-refractivity contribution < 1.29 is 27.5 Å². The highest BCUT2D eigenvalue weighted by Gasteiger charge is 2.32. The molecular weight excluding hydrogens is 371 g/mol. The molecule has 1 aliphatic heterocycles. The Bertz CT molecular complexity index is 854. The number of benzene rings is 2. The number of piperidine rings is 1. The summed E-state index contributed by atoms with van der Waals surface area (Å²) in [5.41, 5.74) is -0.249. The van der Waals surface area contributed by atoms with Gasteiger partial charge >= 0.3 is 6.18 Å². The van der Waals surface area contributed by atoms with Crippen LogP contribution in [0.3, 0.4) is 0 Å². The molecule has 4 nitrogen and oxygen atoms in total. The second kappa shape index (κ2) is 8.04. The van der Waals surface area contributed by atoms with E-state index in [4.69, 9.17) is 4.74 Å². The molecule has 0 atom stereocenters. The molecule has 0 aliphatic carbocycles. The number of ketones is 1.